The van der Waals surface area contributed by atoms with Gasteiger partial charge in [0.25, 0.3) is 0 Å². The van der Waals surface area contributed by atoms with Crippen molar-refractivity contribution >= 4 is 27.5 Å². The van der Waals surface area contributed by atoms with Crippen molar-refractivity contribution < 1.29 is 18.3 Å². The minimum absolute atomic E-state index is 0.0779. The van der Waals surface area contributed by atoms with Gasteiger partial charge in [-0.25, -0.2) is 8.78 Å². The third-order valence-corrected chi connectivity index (χ3v) is 3.70. The van der Waals surface area contributed by atoms with Gasteiger partial charge in [-0.05, 0) is 37.8 Å². The third-order valence-electron chi connectivity index (χ3n) is 3.24. The predicted molar refractivity (Wildman–Crippen MR) is 75.5 cm³/mol. The lowest BCUT2D eigenvalue weighted by atomic mass is 10.0. The highest BCUT2D eigenvalue weighted by atomic mass is 79.9. The summed E-state index contributed by atoms with van der Waals surface area (Å²) >= 11 is 2.99. The molecule has 6 heteroatoms. The monoisotopic (exact) mass is 347 g/mol. The van der Waals surface area contributed by atoms with Crippen LogP contribution in [0.3, 0.4) is 0 Å². The molecule has 0 bridgehead atoms. The molecule has 0 radical (unpaired) electrons. The van der Waals surface area contributed by atoms with E-state index in [1.807, 2.05) is 0 Å². The molecular formula is C14H16BrF2NO2. The van der Waals surface area contributed by atoms with Gasteiger partial charge < -0.3 is 10.1 Å². The fraction of sp³-hybridized carbons (Fsp3) is 0.500. The lowest BCUT2D eigenvalue weighted by Gasteiger charge is -2.22. The highest BCUT2D eigenvalue weighted by Crippen LogP contribution is 2.24. The molecule has 20 heavy (non-hydrogen) atoms. The number of benzene rings is 1. The van der Waals surface area contributed by atoms with Crippen molar-refractivity contribution in [3.8, 4) is 0 Å². The van der Waals surface area contributed by atoms with Crippen LogP contribution in [-0.2, 0) is 9.53 Å². The summed E-state index contributed by atoms with van der Waals surface area (Å²) in [7, 11) is 0. The molecule has 1 unspecified atom stereocenters. The van der Waals surface area contributed by atoms with E-state index in [-0.39, 0.29) is 12.5 Å². The molecular weight excluding hydrogens is 332 g/mol. The van der Waals surface area contributed by atoms with E-state index >= 15 is 0 Å². The Kier molecular flexibility index (Phi) is 5.48. The van der Waals surface area contributed by atoms with Crippen molar-refractivity contribution in [3.63, 3.8) is 0 Å². The van der Waals surface area contributed by atoms with Crippen LogP contribution in [0.15, 0.2) is 16.6 Å². The average Bonchev–Trinajstić information content (AvgIpc) is 2.42. The molecule has 1 aromatic rings. The van der Waals surface area contributed by atoms with Gasteiger partial charge in [0.2, 0.25) is 5.91 Å². The number of ether oxygens (including phenoxy) is 1. The molecule has 110 valence electrons. The number of nitrogens with one attached hydrogen (secondary N) is 1. The van der Waals surface area contributed by atoms with Crippen molar-refractivity contribution in [2.45, 2.75) is 38.2 Å². The van der Waals surface area contributed by atoms with Gasteiger partial charge in [-0.15, -0.1) is 0 Å². The van der Waals surface area contributed by atoms with E-state index in [9.17, 15) is 13.6 Å². The van der Waals surface area contributed by atoms with Gasteiger partial charge in [-0.1, -0.05) is 15.9 Å². The van der Waals surface area contributed by atoms with Crippen molar-refractivity contribution in [3.05, 3.63) is 28.2 Å². The van der Waals surface area contributed by atoms with Gasteiger partial charge in [0.15, 0.2) is 11.6 Å². The number of anilines is 1. The number of carbonyl (C=O) groups is 1. The lowest BCUT2D eigenvalue weighted by molar-refractivity contribution is -0.117. The summed E-state index contributed by atoms with van der Waals surface area (Å²) in [5.41, 5.74) is -0.400. The Bertz CT molecular complexity index is 467. The number of carbonyl (C=O) groups excluding carboxylic acids is 1. The normalized spacial score (nSPS) is 18.9. The molecule has 0 aliphatic carbocycles. The molecule has 1 amide bonds. The number of halogens is 3. The molecule has 1 atom stereocenters. The minimum atomic E-state index is -0.792. The molecule has 0 aromatic heterocycles. The quantitative estimate of drug-likeness (QED) is 0.893. The zero-order chi connectivity index (χ0) is 14.5. The fourth-order valence-electron chi connectivity index (χ4n) is 2.19. The first-order valence-electron chi connectivity index (χ1n) is 6.62. The standard InChI is InChI=1S/C14H16BrF2NO2/c15-9-7-11(16)14(12(17)8-9)18-13(19)5-4-10-3-1-2-6-20-10/h7-8,10H,1-6H2,(H,18,19). The van der Waals surface area contributed by atoms with Gasteiger partial charge in [-0.3, -0.25) is 4.79 Å². The Balaban J connectivity index is 1.88. The summed E-state index contributed by atoms with van der Waals surface area (Å²) in [6.45, 7) is 0.724. The van der Waals surface area contributed by atoms with Crippen LogP contribution in [0.25, 0.3) is 0 Å². The predicted octanol–water partition coefficient (Wildman–Crippen LogP) is 4.02. The average molecular weight is 348 g/mol. The van der Waals surface area contributed by atoms with Crippen LogP contribution in [0.4, 0.5) is 14.5 Å². The van der Waals surface area contributed by atoms with Crippen LogP contribution in [0.2, 0.25) is 0 Å². The number of amides is 1. The number of rotatable bonds is 4. The molecule has 1 N–H and O–H groups in total. The highest BCUT2D eigenvalue weighted by molar-refractivity contribution is 9.10. The Morgan fingerprint density at radius 1 is 1.35 bits per heavy atom. The maximum Gasteiger partial charge on any atom is 0.224 e. The van der Waals surface area contributed by atoms with Crippen LogP contribution >= 0.6 is 15.9 Å². The first-order valence-corrected chi connectivity index (χ1v) is 7.41. The first-order chi connectivity index (χ1) is 9.56. The molecule has 0 spiro atoms. The summed E-state index contributed by atoms with van der Waals surface area (Å²) in [5.74, 6) is -1.99. The number of hydrogen-bond donors (Lipinski definition) is 1. The zero-order valence-electron chi connectivity index (χ0n) is 10.9. The van der Waals surface area contributed by atoms with Gasteiger partial charge in [0.1, 0.15) is 5.69 Å². The van der Waals surface area contributed by atoms with Gasteiger partial charge >= 0.3 is 0 Å². The molecule has 1 aromatic carbocycles. The van der Waals surface area contributed by atoms with Crippen molar-refractivity contribution in [1.29, 1.82) is 0 Å². The maximum absolute atomic E-state index is 13.6. The molecule has 1 heterocycles. The van der Waals surface area contributed by atoms with E-state index in [1.54, 1.807) is 0 Å². The van der Waals surface area contributed by atoms with Crippen LogP contribution in [0, 0.1) is 11.6 Å². The summed E-state index contributed by atoms with van der Waals surface area (Å²) in [6.07, 6.45) is 3.94. The van der Waals surface area contributed by atoms with E-state index in [0.29, 0.717) is 10.9 Å². The Hall–Kier alpha value is -1.01. The van der Waals surface area contributed by atoms with E-state index in [1.165, 1.54) is 0 Å². The first kappa shape index (κ1) is 15.4. The zero-order valence-corrected chi connectivity index (χ0v) is 12.5. The van der Waals surface area contributed by atoms with Crippen LogP contribution < -0.4 is 5.32 Å². The highest BCUT2D eigenvalue weighted by Gasteiger charge is 2.17. The molecule has 0 saturated carbocycles. The second-order valence-corrected chi connectivity index (χ2v) is 5.74. The van der Waals surface area contributed by atoms with Crippen molar-refractivity contribution in [2.24, 2.45) is 0 Å². The van der Waals surface area contributed by atoms with Crippen molar-refractivity contribution in [1.82, 2.24) is 0 Å². The number of hydrogen-bond acceptors (Lipinski definition) is 2. The van der Waals surface area contributed by atoms with E-state index in [2.05, 4.69) is 21.2 Å². The van der Waals surface area contributed by atoms with E-state index in [4.69, 9.17) is 4.74 Å². The summed E-state index contributed by atoms with van der Waals surface area (Å²) < 4.78 is 32.9. The second-order valence-electron chi connectivity index (χ2n) is 4.82. The van der Waals surface area contributed by atoms with Crippen LogP contribution in [0.5, 0.6) is 0 Å². The summed E-state index contributed by atoms with van der Waals surface area (Å²) in [6, 6.07) is 2.23. The van der Waals surface area contributed by atoms with E-state index in [0.717, 1.165) is 38.0 Å². The Labute approximate surface area is 124 Å². The summed E-state index contributed by atoms with van der Waals surface area (Å²) in [5, 5.41) is 2.28. The van der Waals surface area contributed by atoms with E-state index < -0.39 is 23.2 Å². The Morgan fingerprint density at radius 2 is 2.05 bits per heavy atom. The molecule has 2 rings (SSSR count). The minimum Gasteiger partial charge on any atom is -0.378 e. The Morgan fingerprint density at radius 3 is 2.65 bits per heavy atom. The smallest absolute Gasteiger partial charge is 0.224 e. The maximum atomic E-state index is 13.6. The SMILES string of the molecule is O=C(CCC1CCCCO1)Nc1c(F)cc(Br)cc1F. The lowest BCUT2D eigenvalue weighted by Crippen LogP contribution is -2.22. The molecule has 1 saturated heterocycles. The fourth-order valence-corrected chi connectivity index (χ4v) is 2.59. The van der Waals surface area contributed by atoms with Gasteiger partial charge in [0.05, 0.1) is 6.10 Å². The third kappa shape index (κ3) is 4.24. The van der Waals surface area contributed by atoms with Gasteiger partial charge in [0, 0.05) is 17.5 Å². The summed E-state index contributed by atoms with van der Waals surface area (Å²) in [4.78, 5) is 11.7. The largest absolute Gasteiger partial charge is 0.378 e. The topological polar surface area (TPSA) is 38.3 Å². The molecule has 3 nitrogen and oxygen atoms in total. The molecule has 1 aliphatic heterocycles. The van der Waals surface area contributed by atoms with Crippen molar-refractivity contribution in [2.75, 3.05) is 11.9 Å². The molecule has 1 fully saturated rings. The van der Waals surface area contributed by atoms with Crippen LogP contribution in [-0.4, -0.2) is 18.6 Å². The second kappa shape index (κ2) is 7.13. The van der Waals surface area contributed by atoms with Gasteiger partial charge in [-0.2, -0.15) is 0 Å². The molecule has 1 aliphatic rings. The van der Waals surface area contributed by atoms with Crippen LogP contribution in [0.1, 0.15) is 32.1 Å².